The zero-order valence-electron chi connectivity index (χ0n) is 12.0. The van der Waals surface area contributed by atoms with Gasteiger partial charge < -0.3 is 5.32 Å². The fraction of sp³-hybridized carbons (Fsp3) is 0.294. The summed E-state index contributed by atoms with van der Waals surface area (Å²) in [6, 6.07) is 16.7. The number of rotatable bonds is 5. The van der Waals surface area contributed by atoms with Crippen molar-refractivity contribution in [3.63, 3.8) is 0 Å². The van der Waals surface area contributed by atoms with Crippen LogP contribution in [-0.4, -0.2) is 26.5 Å². The molecule has 0 spiro atoms. The Morgan fingerprint density at radius 3 is 2.00 bits per heavy atom. The summed E-state index contributed by atoms with van der Waals surface area (Å²) in [6.07, 6.45) is 0. The predicted octanol–water partition coefficient (Wildman–Crippen LogP) is 2.78. The molecule has 0 unspecified atom stereocenters. The Morgan fingerprint density at radius 1 is 0.952 bits per heavy atom. The van der Waals surface area contributed by atoms with Gasteiger partial charge in [0.2, 0.25) is 0 Å². The quantitative estimate of drug-likeness (QED) is 0.923. The van der Waals surface area contributed by atoms with Crippen LogP contribution >= 0.6 is 0 Å². The highest BCUT2D eigenvalue weighted by molar-refractivity contribution is 7.91. The summed E-state index contributed by atoms with van der Waals surface area (Å²) in [7, 11) is -2.93. The molecule has 0 radical (unpaired) electrons. The van der Waals surface area contributed by atoms with E-state index in [9.17, 15) is 8.42 Å². The van der Waals surface area contributed by atoms with Gasteiger partial charge in [-0.3, -0.25) is 0 Å². The second-order valence-corrected chi connectivity index (χ2v) is 7.77. The van der Waals surface area contributed by atoms with Gasteiger partial charge in [-0.1, -0.05) is 55.5 Å². The van der Waals surface area contributed by atoms with Crippen molar-refractivity contribution in [1.29, 1.82) is 0 Å². The monoisotopic (exact) mass is 301 g/mol. The Bertz CT molecular complexity index is 707. The lowest BCUT2D eigenvalue weighted by Crippen LogP contribution is -2.27. The van der Waals surface area contributed by atoms with Crippen LogP contribution in [0.4, 0.5) is 0 Å². The molecule has 4 heteroatoms. The van der Waals surface area contributed by atoms with Gasteiger partial charge in [0, 0.05) is 12.3 Å². The summed E-state index contributed by atoms with van der Waals surface area (Å²) in [5, 5.41) is 3.41. The van der Waals surface area contributed by atoms with Crippen LogP contribution in [0, 0.1) is 0 Å². The molecule has 0 aromatic heterocycles. The summed E-state index contributed by atoms with van der Waals surface area (Å²) >= 11 is 0. The number of benzene rings is 2. The summed E-state index contributed by atoms with van der Waals surface area (Å²) in [6.45, 7) is 2.17. The minimum Gasteiger partial charge on any atom is -0.305 e. The van der Waals surface area contributed by atoms with Crippen LogP contribution in [-0.2, 0) is 9.84 Å². The maximum absolute atomic E-state index is 11.6. The molecular formula is C17H19NO2S. The fourth-order valence-corrected chi connectivity index (χ4v) is 3.60. The molecule has 21 heavy (non-hydrogen) atoms. The van der Waals surface area contributed by atoms with E-state index in [0.29, 0.717) is 6.54 Å². The van der Waals surface area contributed by atoms with E-state index in [2.05, 4.69) is 29.6 Å². The molecule has 0 amide bonds. The first-order valence-corrected chi connectivity index (χ1v) is 9.06. The van der Waals surface area contributed by atoms with E-state index in [1.807, 2.05) is 24.3 Å². The van der Waals surface area contributed by atoms with Gasteiger partial charge in [0.25, 0.3) is 0 Å². The normalized spacial score (nSPS) is 14.0. The highest BCUT2D eigenvalue weighted by atomic mass is 32.2. The zero-order chi connectivity index (χ0) is 14.9. The van der Waals surface area contributed by atoms with Crippen molar-refractivity contribution in [3.8, 4) is 11.1 Å². The molecule has 0 aliphatic heterocycles. The van der Waals surface area contributed by atoms with Crippen molar-refractivity contribution in [3.05, 3.63) is 59.7 Å². The highest BCUT2D eigenvalue weighted by Crippen LogP contribution is 2.42. The summed E-state index contributed by atoms with van der Waals surface area (Å²) in [5.41, 5.74) is 4.94. The van der Waals surface area contributed by atoms with Gasteiger partial charge in [-0.05, 0) is 22.3 Å². The Hall–Kier alpha value is -1.65. The first-order valence-electron chi connectivity index (χ1n) is 7.24. The van der Waals surface area contributed by atoms with Gasteiger partial charge in [0.05, 0.1) is 11.8 Å². The van der Waals surface area contributed by atoms with Crippen LogP contribution in [0.5, 0.6) is 0 Å². The topological polar surface area (TPSA) is 46.2 Å². The molecule has 0 bridgehead atoms. The number of hydrogen-bond acceptors (Lipinski definition) is 3. The standard InChI is InChI=1S/C17H19NO2S/c1-2-21(19,20)12-11-18-17-15-9-5-3-7-13(15)14-8-4-6-10-16(14)17/h3-10,17-18H,2,11-12H2,1H3. The SMILES string of the molecule is CCS(=O)(=O)CCNC1c2ccccc2-c2ccccc21. The molecule has 0 fully saturated rings. The Balaban J connectivity index is 1.86. The minimum atomic E-state index is -2.93. The summed E-state index contributed by atoms with van der Waals surface area (Å²) in [5.74, 6) is 0.386. The van der Waals surface area contributed by atoms with Crippen molar-refractivity contribution in [2.75, 3.05) is 18.1 Å². The van der Waals surface area contributed by atoms with Crippen molar-refractivity contribution in [1.82, 2.24) is 5.32 Å². The number of sulfone groups is 1. The lowest BCUT2D eigenvalue weighted by molar-refractivity contribution is 0.585. The fourth-order valence-electron chi connectivity index (χ4n) is 2.88. The highest BCUT2D eigenvalue weighted by Gasteiger charge is 2.27. The van der Waals surface area contributed by atoms with E-state index in [4.69, 9.17) is 0 Å². The Morgan fingerprint density at radius 2 is 1.48 bits per heavy atom. The van der Waals surface area contributed by atoms with Gasteiger partial charge in [-0.15, -0.1) is 0 Å². The second kappa shape index (κ2) is 5.62. The van der Waals surface area contributed by atoms with E-state index in [0.717, 1.165) is 0 Å². The van der Waals surface area contributed by atoms with Crippen LogP contribution in [0.1, 0.15) is 24.1 Å². The van der Waals surface area contributed by atoms with Crippen molar-refractivity contribution >= 4 is 9.84 Å². The van der Waals surface area contributed by atoms with E-state index in [-0.39, 0.29) is 17.5 Å². The molecule has 3 rings (SSSR count). The van der Waals surface area contributed by atoms with Crippen LogP contribution < -0.4 is 5.32 Å². The third kappa shape index (κ3) is 2.74. The molecule has 110 valence electrons. The molecular weight excluding hydrogens is 282 g/mol. The first-order chi connectivity index (χ1) is 10.1. The molecule has 1 aliphatic rings. The Kier molecular flexibility index (Phi) is 3.83. The predicted molar refractivity (Wildman–Crippen MR) is 86.1 cm³/mol. The number of fused-ring (bicyclic) bond motifs is 3. The molecule has 3 nitrogen and oxygen atoms in total. The maximum Gasteiger partial charge on any atom is 0.151 e. The van der Waals surface area contributed by atoms with Crippen molar-refractivity contribution < 1.29 is 8.42 Å². The van der Waals surface area contributed by atoms with E-state index in [1.54, 1.807) is 6.92 Å². The largest absolute Gasteiger partial charge is 0.305 e. The van der Waals surface area contributed by atoms with Gasteiger partial charge in [-0.2, -0.15) is 0 Å². The average Bonchev–Trinajstić information content (AvgIpc) is 2.82. The molecule has 0 atom stereocenters. The average molecular weight is 301 g/mol. The zero-order valence-corrected chi connectivity index (χ0v) is 12.9. The molecule has 1 N–H and O–H groups in total. The smallest absolute Gasteiger partial charge is 0.151 e. The van der Waals surface area contributed by atoms with E-state index in [1.165, 1.54) is 22.3 Å². The number of hydrogen-bond donors (Lipinski definition) is 1. The second-order valence-electron chi connectivity index (χ2n) is 5.30. The third-order valence-electron chi connectivity index (χ3n) is 4.04. The van der Waals surface area contributed by atoms with Crippen molar-refractivity contribution in [2.45, 2.75) is 13.0 Å². The molecule has 0 saturated heterocycles. The molecule has 2 aromatic carbocycles. The van der Waals surface area contributed by atoms with Gasteiger partial charge in [0.1, 0.15) is 0 Å². The lowest BCUT2D eigenvalue weighted by atomic mass is 10.1. The molecule has 1 aliphatic carbocycles. The summed E-state index contributed by atoms with van der Waals surface area (Å²) in [4.78, 5) is 0. The van der Waals surface area contributed by atoms with E-state index >= 15 is 0 Å². The van der Waals surface area contributed by atoms with E-state index < -0.39 is 9.84 Å². The van der Waals surface area contributed by atoms with Crippen LogP contribution in [0.25, 0.3) is 11.1 Å². The lowest BCUT2D eigenvalue weighted by Gasteiger charge is -2.15. The first kappa shape index (κ1) is 14.3. The van der Waals surface area contributed by atoms with Crippen LogP contribution in [0.2, 0.25) is 0 Å². The van der Waals surface area contributed by atoms with Crippen LogP contribution in [0.3, 0.4) is 0 Å². The summed E-state index contributed by atoms with van der Waals surface area (Å²) < 4.78 is 23.2. The van der Waals surface area contributed by atoms with Crippen molar-refractivity contribution in [2.24, 2.45) is 0 Å². The minimum absolute atomic E-state index is 0.0875. The molecule has 0 heterocycles. The number of nitrogens with one attached hydrogen (secondary N) is 1. The van der Waals surface area contributed by atoms with Crippen LogP contribution in [0.15, 0.2) is 48.5 Å². The molecule has 0 saturated carbocycles. The molecule has 2 aromatic rings. The Labute approximate surface area is 125 Å². The van der Waals surface area contributed by atoms with Gasteiger partial charge in [-0.25, -0.2) is 8.42 Å². The van der Waals surface area contributed by atoms with Gasteiger partial charge in [0.15, 0.2) is 9.84 Å². The third-order valence-corrected chi connectivity index (χ3v) is 5.74. The maximum atomic E-state index is 11.6. The van der Waals surface area contributed by atoms with Gasteiger partial charge >= 0.3 is 0 Å².